The van der Waals surface area contributed by atoms with E-state index in [4.69, 9.17) is 0 Å². The van der Waals surface area contributed by atoms with E-state index in [-0.39, 0.29) is 5.56 Å². The van der Waals surface area contributed by atoms with Gasteiger partial charge < -0.3 is 14.8 Å². The van der Waals surface area contributed by atoms with E-state index in [0.29, 0.717) is 23.8 Å². The molecule has 116 valence electrons. The maximum Gasteiger partial charge on any atom is 0.293 e. The molecule has 0 bridgehead atoms. The van der Waals surface area contributed by atoms with Crippen molar-refractivity contribution in [3.63, 3.8) is 0 Å². The molecule has 3 rings (SSSR count). The Morgan fingerprint density at radius 2 is 2.24 bits per heavy atom. The zero-order valence-electron chi connectivity index (χ0n) is 13.1. The highest BCUT2D eigenvalue weighted by Crippen LogP contribution is 2.33. The van der Waals surface area contributed by atoms with E-state index in [1.54, 1.807) is 6.20 Å². The summed E-state index contributed by atoms with van der Waals surface area (Å²) in [5.74, 6) is 1.24. The molecule has 1 saturated carbocycles. The van der Waals surface area contributed by atoms with Crippen molar-refractivity contribution in [2.45, 2.75) is 51.6 Å². The van der Waals surface area contributed by atoms with Crippen molar-refractivity contribution in [1.82, 2.24) is 14.9 Å². The van der Waals surface area contributed by atoms with Gasteiger partial charge in [0, 0.05) is 31.0 Å². The summed E-state index contributed by atoms with van der Waals surface area (Å²) >= 11 is 0. The quantitative estimate of drug-likeness (QED) is 0.898. The van der Waals surface area contributed by atoms with Crippen LogP contribution in [0.4, 0.5) is 5.82 Å². The third-order valence-electron chi connectivity index (χ3n) is 4.54. The van der Waals surface area contributed by atoms with E-state index in [9.17, 15) is 4.79 Å². The van der Waals surface area contributed by atoms with E-state index < -0.39 is 0 Å². The number of anilines is 1. The van der Waals surface area contributed by atoms with Crippen LogP contribution in [0.1, 0.15) is 45.6 Å². The smallest absolute Gasteiger partial charge is 0.293 e. The lowest BCUT2D eigenvalue weighted by molar-refractivity contribution is 0.369. The maximum atomic E-state index is 12.7. The molecule has 0 aromatic carbocycles. The summed E-state index contributed by atoms with van der Waals surface area (Å²) in [5, 5.41) is 3.45. The molecule has 1 aromatic heterocycles. The molecular formula is C16H26N4O. The van der Waals surface area contributed by atoms with Gasteiger partial charge in [-0.3, -0.25) is 4.79 Å². The molecule has 0 spiro atoms. The Labute approximate surface area is 126 Å². The summed E-state index contributed by atoms with van der Waals surface area (Å²) in [6.45, 7) is 7.38. The van der Waals surface area contributed by atoms with Gasteiger partial charge in [-0.05, 0) is 58.5 Å². The van der Waals surface area contributed by atoms with Gasteiger partial charge >= 0.3 is 0 Å². The Kier molecular flexibility index (Phi) is 4.29. The fraction of sp³-hybridized carbons (Fsp3) is 0.750. The first-order chi connectivity index (χ1) is 10.2. The van der Waals surface area contributed by atoms with Crippen molar-refractivity contribution < 1.29 is 0 Å². The zero-order chi connectivity index (χ0) is 14.8. The Morgan fingerprint density at radius 1 is 1.43 bits per heavy atom. The van der Waals surface area contributed by atoms with Crippen LogP contribution in [0.5, 0.6) is 0 Å². The highest BCUT2D eigenvalue weighted by atomic mass is 16.1. The third kappa shape index (κ3) is 3.28. The van der Waals surface area contributed by atoms with Gasteiger partial charge in [0.25, 0.3) is 5.56 Å². The van der Waals surface area contributed by atoms with Gasteiger partial charge in [0.1, 0.15) is 0 Å². The van der Waals surface area contributed by atoms with Crippen molar-refractivity contribution in [1.29, 1.82) is 0 Å². The van der Waals surface area contributed by atoms with E-state index >= 15 is 0 Å². The second-order valence-electron chi connectivity index (χ2n) is 6.65. The Balaban J connectivity index is 1.83. The maximum absolute atomic E-state index is 12.7. The summed E-state index contributed by atoms with van der Waals surface area (Å²) in [6.07, 6.45) is 8.33. The lowest BCUT2D eigenvalue weighted by Crippen LogP contribution is -2.44. The minimum atomic E-state index is 0.0810. The molecule has 5 nitrogen and oxygen atoms in total. The number of piperidine rings is 1. The van der Waals surface area contributed by atoms with E-state index in [1.807, 2.05) is 10.8 Å². The standard InChI is InChI=1S/C16H26N4O/c1-12(2)20(11-13-4-3-7-17-10-13)15-16(21)19(9-8-18-15)14-5-6-14/h8-9,12-14,17H,3-7,10-11H2,1-2H3. The Morgan fingerprint density at radius 3 is 2.86 bits per heavy atom. The van der Waals surface area contributed by atoms with Crippen LogP contribution < -0.4 is 15.8 Å². The second-order valence-corrected chi connectivity index (χ2v) is 6.65. The van der Waals surface area contributed by atoms with Gasteiger partial charge in [0.15, 0.2) is 5.82 Å². The summed E-state index contributed by atoms with van der Waals surface area (Å²) < 4.78 is 1.87. The average Bonchev–Trinajstić information content (AvgIpc) is 3.31. The van der Waals surface area contributed by atoms with E-state index in [1.165, 1.54) is 12.8 Å². The number of hydrogen-bond acceptors (Lipinski definition) is 4. The molecule has 1 aliphatic carbocycles. The molecule has 21 heavy (non-hydrogen) atoms. The van der Waals surface area contributed by atoms with Crippen LogP contribution in [0.25, 0.3) is 0 Å². The van der Waals surface area contributed by atoms with Gasteiger partial charge in [-0.1, -0.05) is 0 Å². The molecule has 0 radical (unpaired) electrons. The van der Waals surface area contributed by atoms with Crippen LogP contribution in [0.2, 0.25) is 0 Å². The molecule has 2 aliphatic rings. The molecule has 1 atom stereocenters. The van der Waals surface area contributed by atoms with Crippen LogP contribution >= 0.6 is 0 Å². The molecule has 0 amide bonds. The highest BCUT2D eigenvalue weighted by molar-refractivity contribution is 5.37. The summed E-state index contributed by atoms with van der Waals surface area (Å²) in [6, 6.07) is 0.701. The van der Waals surface area contributed by atoms with Crippen molar-refractivity contribution in [2.75, 3.05) is 24.5 Å². The number of nitrogens with one attached hydrogen (secondary N) is 1. The van der Waals surface area contributed by atoms with E-state index in [0.717, 1.165) is 32.5 Å². The number of nitrogens with zero attached hydrogens (tertiary/aromatic N) is 3. The van der Waals surface area contributed by atoms with Gasteiger partial charge in [-0.15, -0.1) is 0 Å². The van der Waals surface area contributed by atoms with Crippen molar-refractivity contribution >= 4 is 5.82 Å². The Hall–Kier alpha value is -1.36. The predicted molar refractivity (Wildman–Crippen MR) is 84.8 cm³/mol. The molecule has 1 saturated heterocycles. The van der Waals surface area contributed by atoms with Gasteiger partial charge in [-0.2, -0.15) is 0 Å². The monoisotopic (exact) mass is 290 g/mol. The molecule has 2 fully saturated rings. The molecule has 1 N–H and O–H groups in total. The van der Waals surface area contributed by atoms with Gasteiger partial charge in [0.2, 0.25) is 0 Å². The van der Waals surface area contributed by atoms with Crippen molar-refractivity contribution in [3.05, 3.63) is 22.7 Å². The molecule has 1 aromatic rings. The lowest BCUT2D eigenvalue weighted by Gasteiger charge is -2.33. The average molecular weight is 290 g/mol. The van der Waals surface area contributed by atoms with Crippen LogP contribution in [0.3, 0.4) is 0 Å². The minimum Gasteiger partial charge on any atom is -0.349 e. The van der Waals surface area contributed by atoms with Crippen LogP contribution in [0.15, 0.2) is 17.2 Å². The molecule has 5 heteroatoms. The largest absolute Gasteiger partial charge is 0.349 e. The highest BCUT2D eigenvalue weighted by Gasteiger charge is 2.28. The SMILES string of the molecule is CC(C)N(CC1CCCNC1)c1nccn(C2CC2)c1=O. The van der Waals surface area contributed by atoms with Crippen molar-refractivity contribution in [3.8, 4) is 0 Å². The molecular weight excluding hydrogens is 264 g/mol. The molecule has 1 unspecified atom stereocenters. The minimum absolute atomic E-state index is 0.0810. The summed E-state index contributed by atoms with van der Waals surface area (Å²) in [7, 11) is 0. The van der Waals surface area contributed by atoms with Crippen LogP contribution in [-0.4, -0.2) is 35.2 Å². The topological polar surface area (TPSA) is 50.2 Å². The zero-order valence-corrected chi connectivity index (χ0v) is 13.1. The number of aromatic nitrogens is 2. The normalized spacial score (nSPS) is 22.5. The molecule has 1 aliphatic heterocycles. The van der Waals surface area contributed by atoms with Gasteiger partial charge in [0.05, 0.1) is 0 Å². The Bertz CT molecular complexity index is 529. The first-order valence-corrected chi connectivity index (χ1v) is 8.21. The first-order valence-electron chi connectivity index (χ1n) is 8.21. The first kappa shape index (κ1) is 14.6. The molecule has 2 heterocycles. The number of hydrogen-bond donors (Lipinski definition) is 1. The lowest BCUT2D eigenvalue weighted by atomic mass is 9.98. The van der Waals surface area contributed by atoms with Crippen molar-refractivity contribution in [2.24, 2.45) is 5.92 Å². The summed E-state index contributed by atoms with van der Waals surface area (Å²) in [4.78, 5) is 19.3. The fourth-order valence-corrected chi connectivity index (χ4v) is 3.15. The number of rotatable bonds is 5. The van der Waals surface area contributed by atoms with E-state index in [2.05, 4.69) is 29.0 Å². The second kappa shape index (κ2) is 6.18. The van der Waals surface area contributed by atoms with Crippen LogP contribution in [-0.2, 0) is 0 Å². The van der Waals surface area contributed by atoms with Crippen LogP contribution in [0, 0.1) is 5.92 Å². The fourth-order valence-electron chi connectivity index (χ4n) is 3.15. The predicted octanol–water partition coefficient (Wildman–Crippen LogP) is 1.79. The van der Waals surface area contributed by atoms with Gasteiger partial charge in [-0.25, -0.2) is 4.98 Å². The summed E-state index contributed by atoms with van der Waals surface area (Å²) in [5.41, 5.74) is 0.0810. The third-order valence-corrected chi connectivity index (χ3v) is 4.54.